The molecule has 0 spiro atoms. The number of hydrogen-bond acceptors (Lipinski definition) is 4. The Labute approximate surface area is 120 Å². The summed E-state index contributed by atoms with van der Waals surface area (Å²) in [6.45, 7) is 3.81. The monoisotopic (exact) mass is 286 g/mol. The molecule has 0 radical (unpaired) electrons. The van der Waals surface area contributed by atoms with Crippen molar-refractivity contribution in [2.24, 2.45) is 0 Å². The van der Waals surface area contributed by atoms with E-state index in [2.05, 4.69) is 18.2 Å². The van der Waals surface area contributed by atoms with E-state index in [1.807, 2.05) is 16.7 Å². The SMILES string of the molecule is CSC1CCC(N(C)CCC(=O)N2CCOCC2)C1. The number of carbonyl (C=O) groups is 1. The van der Waals surface area contributed by atoms with Crippen molar-refractivity contribution in [1.29, 1.82) is 0 Å². The molecule has 0 N–H and O–H groups in total. The van der Waals surface area contributed by atoms with Gasteiger partial charge in [0.1, 0.15) is 0 Å². The van der Waals surface area contributed by atoms with E-state index in [0.717, 1.165) is 24.9 Å². The normalized spacial score (nSPS) is 28.1. The second-order valence-electron chi connectivity index (χ2n) is 5.55. The molecule has 1 aliphatic carbocycles. The van der Waals surface area contributed by atoms with E-state index in [1.54, 1.807) is 0 Å². The minimum absolute atomic E-state index is 0.287. The molecule has 2 fully saturated rings. The van der Waals surface area contributed by atoms with Gasteiger partial charge in [-0.2, -0.15) is 11.8 Å². The summed E-state index contributed by atoms with van der Waals surface area (Å²) in [5.41, 5.74) is 0. The van der Waals surface area contributed by atoms with Gasteiger partial charge in [-0.3, -0.25) is 4.79 Å². The first-order valence-corrected chi connectivity index (χ1v) is 8.58. The van der Waals surface area contributed by atoms with Gasteiger partial charge in [-0.05, 0) is 32.6 Å². The van der Waals surface area contributed by atoms with E-state index >= 15 is 0 Å². The van der Waals surface area contributed by atoms with Crippen LogP contribution in [0.3, 0.4) is 0 Å². The molecule has 0 aromatic rings. The van der Waals surface area contributed by atoms with Crippen LogP contribution in [0.2, 0.25) is 0 Å². The number of amides is 1. The number of nitrogens with zero attached hydrogens (tertiary/aromatic N) is 2. The molecular formula is C14H26N2O2S. The van der Waals surface area contributed by atoms with Gasteiger partial charge < -0.3 is 14.5 Å². The molecule has 19 heavy (non-hydrogen) atoms. The van der Waals surface area contributed by atoms with Gasteiger partial charge in [-0.1, -0.05) is 0 Å². The first-order chi connectivity index (χ1) is 9.20. The zero-order valence-electron chi connectivity index (χ0n) is 12.1. The van der Waals surface area contributed by atoms with Gasteiger partial charge in [-0.25, -0.2) is 0 Å². The Morgan fingerprint density at radius 3 is 2.74 bits per heavy atom. The van der Waals surface area contributed by atoms with Crippen molar-refractivity contribution >= 4 is 17.7 Å². The molecule has 1 amide bonds. The molecule has 1 saturated carbocycles. The maximum Gasteiger partial charge on any atom is 0.224 e. The van der Waals surface area contributed by atoms with Crippen LogP contribution in [0.25, 0.3) is 0 Å². The molecule has 110 valence electrons. The third-order valence-electron chi connectivity index (χ3n) is 4.36. The van der Waals surface area contributed by atoms with Gasteiger partial charge in [0.15, 0.2) is 0 Å². The van der Waals surface area contributed by atoms with Crippen molar-refractivity contribution in [2.45, 2.75) is 37.0 Å². The Balaban J connectivity index is 1.68. The standard InChI is InChI=1S/C14H26N2O2S/c1-15(12-3-4-13(11-12)19-2)6-5-14(17)16-7-9-18-10-8-16/h12-13H,3-11H2,1-2H3. The Morgan fingerprint density at radius 2 is 2.11 bits per heavy atom. The van der Waals surface area contributed by atoms with Crippen molar-refractivity contribution in [3.8, 4) is 0 Å². The molecule has 1 saturated heterocycles. The fourth-order valence-corrected chi connectivity index (χ4v) is 3.74. The lowest BCUT2D eigenvalue weighted by Crippen LogP contribution is -2.42. The van der Waals surface area contributed by atoms with Gasteiger partial charge in [0.05, 0.1) is 13.2 Å². The van der Waals surface area contributed by atoms with Gasteiger partial charge in [0, 0.05) is 37.3 Å². The average molecular weight is 286 g/mol. The van der Waals surface area contributed by atoms with Gasteiger partial charge >= 0.3 is 0 Å². The Bertz CT molecular complexity index is 295. The van der Waals surface area contributed by atoms with Crippen molar-refractivity contribution in [3.05, 3.63) is 0 Å². The van der Waals surface area contributed by atoms with Crippen molar-refractivity contribution in [2.75, 3.05) is 46.2 Å². The molecule has 1 heterocycles. The van der Waals surface area contributed by atoms with Gasteiger partial charge in [0.2, 0.25) is 5.91 Å². The van der Waals surface area contributed by atoms with E-state index in [0.29, 0.717) is 25.7 Å². The number of rotatable bonds is 5. The average Bonchev–Trinajstić information content (AvgIpc) is 2.94. The Hall–Kier alpha value is -0.260. The maximum absolute atomic E-state index is 12.1. The van der Waals surface area contributed by atoms with Crippen LogP contribution in [-0.4, -0.2) is 73.2 Å². The molecule has 2 rings (SSSR count). The fraction of sp³-hybridized carbons (Fsp3) is 0.929. The molecule has 5 heteroatoms. The summed E-state index contributed by atoms with van der Waals surface area (Å²) >= 11 is 1.98. The van der Waals surface area contributed by atoms with E-state index in [1.165, 1.54) is 19.3 Å². The second kappa shape index (κ2) is 7.50. The van der Waals surface area contributed by atoms with Crippen LogP contribution in [0.15, 0.2) is 0 Å². The first kappa shape index (κ1) is 15.1. The molecule has 4 nitrogen and oxygen atoms in total. The van der Waals surface area contributed by atoms with Gasteiger partial charge in [-0.15, -0.1) is 0 Å². The second-order valence-corrected chi connectivity index (χ2v) is 6.69. The summed E-state index contributed by atoms with van der Waals surface area (Å²) in [7, 11) is 2.17. The highest BCUT2D eigenvalue weighted by molar-refractivity contribution is 7.99. The van der Waals surface area contributed by atoms with Crippen LogP contribution < -0.4 is 0 Å². The van der Waals surface area contributed by atoms with Crippen molar-refractivity contribution in [1.82, 2.24) is 9.80 Å². The lowest BCUT2D eigenvalue weighted by molar-refractivity contribution is -0.135. The van der Waals surface area contributed by atoms with Crippen molar-refractivity contribution < 1.29 is 9.53 Å². The predicted molar refractivity (Wildman–Crippen MR) is 79.6 cm³/mol. The smallest absolute Gasteiger partial charge is 0.224 e. The van der Waals surface area contributed by atoms with E-state index in [9.17, 15) is 4.79 Å². The summed E-state index contributed by atoms with van der Waals surface area (Å²) in [5, 5.41) is 0.822. The quantitative estimate of drug-likeness (QED) is 0.766. The third kappa shape index (κ3) is 4.36. The molecule has 0 aromatic heterocycles. The number of thioether (sulfide) groups is 1. The molecule has 0 aromatic carbocycles. The summed E-state index contributed by atoms with van der Waals surface area (Å²) in [4.78, 5) is 16.4. The topological polar surface area (TPSA) is 32.8 Å². The molecule has 1 aliphatic heterocycles. The lowest BCUT2D eigenvalue weighted by Gasteiger charge is -2.29. The Morgan fingerprint density at radius 1 is 1.37 bits per heavy atom. The zero-order valence-corrected chi connectivity index (χ0v) is 13.0. The summed E-state index contributed by atoms with van der Waals surface area (Å²) < 4.78 is 5.27. The number of morpholine rings is 1. The van der Waals surface area contributed by atoms with E-state index < -0.39 is 0 Å². The van der Waals surface area contributed by atoms with Crippen LogP contribution in [0, 0.1) is 0 Å². The number of ether oxygens (including phenoxy) is 1. The third-order valence-corrected chi connectivity index (χ3v) is 5.45. The molecular weight excluding hydrogens is 260 g/mol. The summed E-state index contributed by atoms with van der Waals surface area (Å²) in [6.07, 6.45) is 6.75. The maximum atomic E-state index is 12.1. The number of carbonyl (C=O) groups excluding carboxylic acids is 1. The van der Waals surface area contributed by atoms with Crippen LogP contribution >= 0.6 is 11.8 Å². The minimum atomic E-state index is 0.287. The lowest BCUT2D eigenvalue weighted by atomic mass is 10.2. The predicted octanol–water partition coefficient (Wildman–Crippen LogP) is 1.45. The molecule has 2 atom stereocenters. The molecule has 2 unspecified atom stereocenters. The summed E-state index contributed by atoms with van der Waals surface area (Å²) in [5.74, 6) is 0.287. The highest BCUT2D eigenvalue weighted by Gasteiger charge is 2.27. The summed E-state index contributed by atoms with van der Waals surface area (Å²) in [6, 6.07) is 0.676. The van der Waals surface area contributed by atoms with Crippen LogP contribution in [0.5, 0.6) is 0 Å². The van der Waals surface area contributed by atoms with Crippen molar-refractivity contribution in [3.63, 3.8) is 0 Å². The van der Waals surface area contributed by atoms with Crippen LogP contribution in [0.4, 0.5) is 0 Å². The zero-order chi connectivity index (χ0) is 13.7. The van der Waals surface area contributed by atoms with E-state index in [-0.39, 0.29) is 5.91 Å². The van der Waals surface area contributed by atoms with Crippen LogP contribution in [-0.2, 0) is 9.53 Å². The highest BCUT2D eigenvalue weighted by Crippen LogP contribution is 2.30. The van der Waals surface area contributed by atoms with Gasteiger partial charge in [0.25, 0.3) is 0 Å². The highest BCUT2D eigenvalue weighted by atomic mass is 32.2. The fourth-order valence-electron chi connectivity index (χ4n) is 2.96. The first-order valence-electron chi connectivity index (χ1n) is 7.29. The van der Waals surface area contributed by atoms with Crippen LogP contribution in [0.1, 0.15) is 25.7 Å². The molecule has 2 aliphatic rings. The minimum Gasteiger partial charge on any atom is -0.378 e. The van der Waals surface area contributed by atoms with E-state index in [4.69, 9.17) is 4.74 Å². The largest absolute Gasteiger partial charge is 0.378 e. The number of hydrogen-bond donors (Lipinski definition) is 0. The molecule has 0 bridgehead atoms. The Kier molecular flexibility index (Phi) is 5.98.